The maximum atomic E-state index is 10.6. The van der Waals surface area contributed by atoms with E-state index in [1.54, 1.807) is 4.57 Å². The van der Waals surface area contributed by atoms with Gasteiger partial charge in [0.25, 0.3) is 0 Å². The first-order valence-corrected chi connectivity index (χ1v) is 6.60. The Morgan fingerprint density at radius 3 is 2.68 bits per heavy atom. The molecule has 1 rings (SSSR count). The lowest BCUT2D eigenvalue weighted by Crippen LogP contribution is -2.18. The molecule has 0 atom stereocenters. The van der Waals surface area contributed by atoms with Gasteiger partial charge in [-0.05, 0) is 0 Å². The van der Waals surface area contributed by atoms with Crippen LogP contribution in [0.4, 0.5) is 4.79 Å². The molecule has 0 aliphatic carbocycles. The number of primary amides is 1. The largest absolute Gasteiger partial charge is 0.481 e. The smallest absolute Gasteiger partial charge is 0.404 e. The number of thioether (sulfide) groups is 1. The summed E-state index contributed by atoms with van der Waals surface area (Å²) in [4.78, 5) is 21.1. The van der Waals surface area contributed by atoms with Gasteiger partial charge in [0.1, 0.15) is 12.4 Å². The molecule has 1 aromatic heterocycles. The zero-order chi connectivity index (χ0) is 14.4. The summed E-state index contributed by atoms with van der Waals surface area (Å²) in [5, 5.41) is 17.1. The maximum absolute atomic E-state index is 10.6. The Labute approximate surface area is 114 Å². The third-order valence-electron chi connectivity index (χ3n) is 2.15. The van der Waals surface area contributed by atoms with Crippen molar-refractivity contribution in [3.63, 3.8) is 0 Å². The molecule has 0 aliphatic heterocycles. The highest BCUT2D eigenvalue weighted by Crippen LogP contribution is 2.21. The number of amides is 1. The van der Waals surface area contributed by atoms with Crippen LogP contribution in [0.1, 0.15) is 25.6 Å². The van der Waals surface area contributed by atoms with Gasteiger partial charge in [-0.1, -0.05) is 25.6 Å². The van der Waals surface area contributed by atoms with E-state index < -0.39 is 12.1 Å². The number of carboxylic acid groups (broad SMARTS) is 1. The van der Waals surface area contributed by atoms with Gasteiger partial charge in [0.15, 0.2) is 5.16 Å². The normalized spacial score (nSPS) is 10.7. The van der Waals surface area contributed by atoms with Crippen molar-refractivity contribution in [1.29, 1.82) is 0 Å². The highest BCUT2D eigenvalue weighted by atomic mass is 32.2. The number of carbonyl (C=O) groups is 2. The molecule has 0 radical (unpaired) electrons. The maximum Gasteiger partial charge on any atom is 0.404 e. The predicted molar refractivity (Wildman–Crippen MR) is 68.0 cm³/mol. The van der Waals surface area contributed by atoms with Crippen molar-refractivity contribution in [2.24, 2.45) is 5.73 Å². The van der Waals surface area contributed by atoms with Crippen molar-refractivity contribution >= 4 is 23.8 Å². The summed E-state index contributed by atoms with van der Waals surface area (Å²) in [5.74, 6) is -0.201. The summed E-state index contributed by atoms with van der Waals surface area (Å²) >= 11 is 1.07. The minimum atomic E-state index is -0.931. The molecule has 19 heavy (non-hydrogen) atoms. The highest BCUT2D eigenvalue weighted by molar-refractivity contribution is 7.99. The quantitative estimate of drug-likeness (QED) is 0.707. The lowest BCUT2D eigenvalue weighted by molar-refractivity contribution is -0.133. The first kappa shape index (κ1) is 15.3. The van der Waals surface area contributed by atoms with Crippen LogP contribution in [0.5, 0.6) is 0 Å². The summed E-state index contributed by atoms with van der Waals surface area (Å²) in [7, 11) is 0. The first-order chi connectivity index (χ1) is 8.91. The van der Waals surface area contributed by atoms with Gasteiger partial charge in [0.05, 0.1) is 12.3 Å². The molecule has 106 valence electrons. The van der Waals surface area contributed by atoms with E-state index in [1.807, 2.05) is 13.8 Å². The van der Waals surface area contributed by atoms with Gasteiger partial charge in [-0.3, -0.25) is 4.79 Å². The zero-order valence-corrected chi connectivity index (χ0v) is 11.5. The molecule has 8 nitrogen and oxygen atoms in total. The van der Waals surface area contributed by atoms with E-state index in [2.05, 4.69) is 14.9 Å². The fraction of sp³-hybridized carbons (Fsp3) is 0.600. The van der Waals surface area contributed by atoms with E-state index in [0.29, 0.717) is 17.5 Å². The fourth-order valence-corrected chi connectivity index (χ4v) is 2.10. The second-order valence-corrected chi connectivity index (χ2v) is 4.94. The Morgan fingerprint density at radius 1 is 1.47 bits per heavy atom. The van der Waals surface area contributed by atoms with Gasteiger partial charge in [0, 0.05) is 5.92 Å². The summed E-state index contributed by atoms with van der Waals surface area (Å²) < 4.78 is 6.40. The number of carbonyl (C=O) groups excluding carboxylic acids is 1. The molecule has 9 heteroatoms. The van der Waals surface area contributed by atoms with Crippen molar-refractivity contribution in [2.75, 3.05) is 12.4 Å². The number of nitrogens with zero attached hydrogens (tertiary/aromatic N) is 3. The van der Waals surface area contributed by atoms with Gasteiger partial charge >= 0.3 is 12.1 Å². The van der Waals surface area contributed by atoms with Crippen LogP contribution < -0.4 is 5.73 Å². The van der Waals surface area contributed by atoms with E-state index in [-0.39, 0.29) is 18.3 Å². The molecule has 0 fully saturated rings. The van der Waals surface area contributed by atoms with Crippen LogP contribution in [-0.4, -0.2) is 44.3 Å². The standard InChI is InChI=1S/C10H16N4O4S/c1-6(2)8-12-13-10(19-5-7(15)16)14(8)3-4-18-9(11)17/h6H,3-5H2,1-2H3,(H2,11,17)(H,15,16). The molecular weight excluding hydrogens is 272 g/mol. The monoisotopic (exact) mass is 288 g/mol. The topological polar surface area (TPSA) is 120 Å². The van der Waals surface area contributed by atoms with Crippen LogP contribution in [-0.2, 0) is 16.1 Å². The van der Waals surface area contributed by atoms with Crippen LogP contribution in [0.15, 0.2) is 5.16 Å². The Hall–Kier alpha value is -1.77. The Morgan fingerprint density at radius 2 is 2.16 bits per heavy atom. The van der Waals surface area contributed by atoms with E-state index >= 15 is 0 Å². The molecule has 3 N–H and O–H groups in total. The molecule has 0 bridgehead atoms. The molecule has 0 aliphatic rings. The minimum Gasteiger partial charge on any atom is -0.481 e. The zero-order valence-electron chi connectivity index (χ0n) is 10.7. The number of aromatic nitrogens is 3. The van der Waals surface area contributed by atoms with Crippen molar-refractivity contribution < 1.29 is 19.4 Å². The molecule has 0 saturated heterocycles. The van der Waals surface area contributed by atoms with E-state index in [0.717, 1.165) is 11.8 Å². The average molecular weight is 288 g/mol. The summed E-state index contributed by atoms with van der Waals surface area (Å²) in [6.45, 7) is 4.32. The number of carboxylic acids is 1. The van der Waals surface area contributed by atoms with E-state index in [4.69, 9.17) is 10.8 Å². The molecule has 0 spiro atoms. The molecule has 1 aromatic rings. The van der Waals surface area contributed by atoms with Gasteiger partial charge in [-0.2, -0.15) is 0 Å². The number of hydrogen-bond donors (Lipinski definition) is 2. The molecule has 0 saturated carbocycles. The summed E-state index contributed by atoms with van der Waals surface area (Å²) in [5.41, 5.74) is 4.88. The van der Waals surface area contributed by atoms with Crippen molar-refractivity contribution in [1.82, 2.24) is 14.8 Å². The Balaban J connectivity index is 2.79. The first-order valence-electron chi connectivity index (χ1n) is 5.61. The molecule has 1 amide bonds. The molecule has 0 unspecified atom stereocenters. The second-order valence-electron chi connectivity index (χ2n) is 4.00. The number of hydrogen-bond acceptors (Lipinski definition) is 6. The third kappa shape index (κ3) is 4.78. The highest BCUT2D eigenvalue weighted by Gasteiger charge is 2.16. The number of ether oxygens (including phenoxy) is 1. The van der Waals surface area contributed by atoms with Gasteiger partial charge in [-0.15, -0.1) is 10.2 Å². The molecule has 0 aromatic carbocycles. The van der Waals surface area contributed by atoms with Crippen molar-refractivity contribution in [2.45, 2.75) is 31.5 Å². The summed E-state index contributed by atoms with van der Waals surface area (Å²) in [6.07, 6.45) is -0.848. The second kappa shape index (κ2) is 6.98. The molecular formula is C10H16N4O4S. The predicted octanol–water partition coefficient (Wildman–Crippen LogP) is 0.673. The van der Waals surface area contributed by atoms with Gasteiger partial charge in [-0.25, -0.2) is 4.79 Å². The van der Waals surface area contributed by atoms with Crippen LogP contribution in [0, 0.1) is 0 Å². The number of rotatable bonds is 7. The van der Waals surface area contributed by atoms with E-state index in [9.17, 15) is 9.59 Å². The van der Waals surface area contributed by atoms with Crippen molar-refractivity contribution in [3.8, 4) is 0 Å². The Bertz CT molecular complexity index is 460. The SMILES string of the molecule is CC(C)c1nnc(SCC(=O)O)n1CCOC(N)=O. The van der Waals surface area contributed by atoms with Gasteiger partial charge < -0.3 is 20.1 Å². The average Bonchev–Trinajstić information content (AvgIpc) is 2.69. The van der Waals surface area contributed by atoms with Crippen LogP contribution in [0.25, 0.3) is 0 Å². The third-order valence-corrected chi connectivity index (χ3v) is 3.10. The van der Waals surface area contributed by atoms with Crippen molar-refractivity contribution in [3.05, 3.63) is 5.82 Å². The lowest BCUT2D eigenvalue weighted by atomic mass is 10.2. The summed E-state index contributed by atoms with van der Waals surface area (Å²) in [6, 6.07) is 0. The lowest BCUT2D eigenvalue weighted by Gasteiger charge is -2.11. The van der Waals surface area contributed by atoms with Crippen LogP contribution >= 0.6 is 11.8 Å². The minimum absolute atomic E-state index is 0.0910. The van der Waals surface area contributed by atoms with E-state index in [1.165, 1.54) is 0 Å². The number of aliphatic carboxylic acids is 1. The van der Waals surface area contributed by atoms with Crippen LogP contribution in [0.3, 0.4) is 0 Å². The fourth-order valence-electron chi connectivity index (χ4n) is 1.41. The Kier molecular flexibility index (Phi) is 5.61. The molecule has 1 heterocycles. The van der Waals surface area contributed by atoms with Gasteiger partial charge in [0.2, 0.25) is 0 Å². The number of nitrogens with two attached hydrogens (primary N) is 1. The van der Waals surface area contributed by atoms with Crippen LogP contribution in [0.2, 0.25) is 0 Å².